The van der Waals surface area contributed by atoms with Crippen molar-refractivity contribution in [2.75, 3.05) is 25.0 Å². The molecule has 4 rings (SSSR count). The summed E-state index contributed by atoms with van der Waals surface area (Å²) in [7, 11) is 0. The number of rotatable bonds is 8. The van der Waals surface area contributed by atoms with Crippen molar-refractivity contribution in [3.8, 4) is 11.1 Å². The number of pyridine rings is 2. The third-order valence-corrected chi connectivity index (χ3v) is 7.02. The zero-order valence-corrected chi connectivity index (χ0v) is 20.9. The van der Waals surface area contributed by atoms with Crippen molar-refractivity contribution in [2.24, 2.45) is 0 Å². The summed E-state index contributed by atoms with van der Waals surface area (Å²) in [6.45, 7) is 12.0. The maximum Gasteiger partial charge on any atom is 0.433 e. The molecule has 0 bridgehead atoms. The average Bonchev–Trinajstić information content (AvgIpc) is 2.86. The molecule has 1 aromatic carbocycles. The van der Waals surface area contributed by atoms with E-state index in [2.05, 4.69) is 64.9 Å². The Morgan fingerprint density at radius 2 is 1.67 bits per heavy atom. The molecule has 4 nitrogen and oxygen atoms in total. The standard InChI is InChI=1S/C29H33F3N4/c1-4-5-21(2)20-36-16-14-28(3,15-17-36)24-9-6-22(7-10-24)23-8-13-27(34-18-23)35-25-11-12-26(33-19-25)29(30,31)32/h6-13,18-19H,2,4-5,14-17,20H2,1,3H3,(H,34,35). The lowest BCUT2D eigenvalue weighted by molar-refractivity contribution is -0.141. The molecule has 0 saturated carbocycles. The van der Waals surface area contributed by atoms with Gasteiger partial charge in [-0.05, 0) is 73.2 Å². The van der Waals surface area contributed by atoms with Crippen molar-refractivity contribution >= 4 is 11.5 Å². The Bertz CT molecular complexity index is 1150. The number of piperidine rings is 1. The third-order valence-electron chi connectivity index (χ3n) is 7.02. The molecule has 0 amide bonds. The molecule has 1 aliphatic heterocycles. The highest BCUT2D eigenvalue weighted by Crippen LogP contribution is 2.36. The fourth-order valence-corrected chi connectivity index (χ4v) is 4.73. The Morgan fingerprint density at radius 3 is 2.22 bits per heavy atom. The Kier molecular flexibility index (Phi) is 7.79. The van der Waals surface area contributed by atoms with Crippen molar-refractivity contribution < 1.29 is 13.2 Å². The van der Waals surface area contributed by atoms with Crippen LogP contribution >= 0.6 is 0 Å². The second kappa shape index (κ2) is 10.8. The van der Waals surface area contributed by atoms with Gasteiger partial charge in [-0.15, -0.1) is 0 Å². The Hall–Kier alpha value is -3.19. The number of alkyl halides is 3. The van der Waals surface area contributed by atoms with Crippen molar-refractivity contribution in [1.82, 2.24) is 14.9 Å². The number of aromatic nitrogens is 2. The molecule has 3 aromatic rings. The fourth-order valence-electron chi connectivity index (χ4n) is 4.73. The quantitative estimate of drug-likeness (QED) is 0.327. The summed E-state index contributed by atoms with van der Waals surface area (Å²) in [5, 5.41) is 2.99. The number of likely N-dealkylation sites (tertiary alicyclic amines) is 1. The van der Waals surface area contributed by atoms with Crippen LogP contribution in [0, 0.1) is 0 Å². The Morgan fingerprint density at radius 1 is 0.972 bits per heavy atom. The number of hydrogen-bond acceptors (Lipinski definition) is 4. The minimum Gasteiger partial charge on any atom is -0.339 e. The topological polar surface area (TPSA) is 41.0 Å². The zero-order chi connectivity index (χ0) is 25.8. The monoisotopic (exact) mass is 494 g/mol. The molecular formula is C29H33F3N4. The molecule has 0 atom stereocenters. The first kappa shape index (κ1) is 25.9. The Labute approximate surface area is 211 Å². The van der Waals surface area contributed by atoms with Gasteiger partial charge in [0.15, 0.2) is 0 Å². The van der Waals surface area contributed by atoms with Crippen LogP contribution < -0.4 is 5.32 Å². The van der Waals surface area contributed by atoms with E-state index in [-0.39, 0.29) is 5.41 Å². The summed E-state index contributed by atoms with van der Waals surface area (Å²) in [5.74, 6) is 0.540. The van der Waals surface area contributed by atoms with E-state index < -0.39 is 11.9 Å². The molecule has 3 heterocycles. The highest BCUT2D eigenvalue weighted by Gasteiger charge is 2.32. The molecule has 2 aromatic heterocycles. The van der Waals surface area contributed by atoms with Crippen LogP contribution in [0.25, 0.3) is 11.1 Å². The van der Waals surface area contributed by atoms with Gasteiger partial charge < -0.3 is 5.32 Å². The second-order valence-corrected chi connectivity index (χ2v) is 9.90. The first-order valence-electron chi connectivity index (χ1n) is 12.4. The van der Waals surface area contributed by atoms with Gasteiger partial charge in [-0.25, -0.2) is 9.97 Å². The van der Waals surface area contributed by atoms with E-state index in [0.717, 1.165) is 68.7 Å². The molecule has 1 fully saturated rings. The number of nitrogens with zero attached hydrogens (tertiary/aromatic N) is 3. The summed E-state index contributed by atoms with van der Waals surface area (Å²) in [6, 6.07) is 14.8. The first-order chi connectivity index (χ1) is 17.2. The van der Waals surface area contributed by atoms with E-state index >= 15 is 0 Å². The fraction of sp³-hybridized carbons (Fsp3) is 0.379. The molecule has 1 aliphatic rings. The van der Waals surface area contributed by atoms with Gasteiger partial charge in [-0.1, -0.05) is 56.7 Å². The van der Waals surface area contributed by atoms with Crippen LogP contribution in [0.3, 0.4) is 0 Å². The molecule has 36 heavy (non-hydrogen) atoms. The SMILES string of the molecule is C=C(CCC)CN1CCC(C)(c2ccc(-c3ccc(Nc4ccc(C(F)(F)F)nc4)nc3)cc2)CC1. The van der Waals surface area contributed by atoms with Crippen LogP contribution in [-0.4, -0.2) is 34.5 Å². The van der Waals surface area contributed by atoms with E-state index in [1.165, 1.54) is 17.2 Å². The van der Waals surface area contributed by atoms with Gasteiger partial charge in [-0.3, -0.25) is 4.90 Å². The predicted molar refractivity (Wildman–Crippen MR) is 139 cm³/mol. The van der Waals surface area contributed by atoms with E-state index in [1.54, 1.807) is 6.20 Å². The van der Waals surface area contributed by atoms with Crippen molar-refractivity contribution in [3.05, 3.63) is 84.3 Å². The molecular weight excluding hydrogens is 461 g/mol. The van der Waals surface area contributed by atoms with E-state index in [1.807, 2.05) is 12.1 Å². The van der Waals surface area contributed by atoms with E-state index in [0.29, 0.717) is 11.5 Å². The molecule has 190 valence electrons. The largest absolute Gasteiger partial charge is 0.433 e. The molecule has 0 aliphatic carbocycles. The van der Waals surface area contributed by atoms with Crippen LogP contribution in [0.4, 0.5) is 24.7 Å². The van der Waals surface area contributed by atoms with Gasteiger partial charge in [0.25, 0.3) is 0 Å². The predicted octanol–water partition coefficient (Wildman–Crippen LogP) is 7.62. The summed E-state index contributed by atoms with van der Waals surface area (Å²) in [5.41, 5.74) is 4.44. The Balaban J connectivity index is 1.36. The van der Waals surface area contributed by atoms with Crippen LogP contribution in [0.5, 0.6) is 0 Å². The molecule has 7 heteroatoms. The highest BCUT2D eigenvalue weighted by molar-refractivity contribution is 5.65. The van der Waals surface area contributed by atoms with Gasteiger partial charge in [0, 0.05) is 18.3 Å². The van der Waals surface area contributed by atoms with Gasteiger partial charge in [0.2, 0.25) is 0 Å². The molecule has 0 spiro atoms. The number of halogens is 3. The van der Waals surface area contributed by atoms with E-state index in [9.17, 15) is 13.2 Å². The van der Waals surface area contributed by atoms with Crippen molar-refractivity contribution in [3.63, 3.8) is 0 Å². The van der Waals surface area contributed by atoms with Crippen molar-refractivity contribution in [2.45, 2.75) is 51.1 Å². The van der Waals surface area contributed by atoms with Gasteiger partial charge in [0.05, 0.1) is 11.9 Å². The number of nitrogens with one attached hydrogen (secondary N) is 1. The minimum atomic E-state index is -4.45. The lowest BCUT2D eigenvalue weighted by atomic mass is 9.74. The molecule has 0 radical (unpaired) electrons. The average molecular weight is 495 g/mol. The number of benzene rings is 1. The van der Waals surface area contributed by atoms with Crippen LogP contribution in [0.1, 0.15) is 50.8 Å². The maximum absolute atomic E-state index is 12.7. The summed E-state index contributed by atoms with van der Waals surface area (Å²) >= 11 is 0. The second-order valence-electron chi connectivity index (χ2n) is 9.90. The van der Waals surface area contributed by atoms with E-state index in [4.69, 9.17) is 0 Å². The normalized spacial score (nSPS) is 16.0. The highest BCUT2D eigenvalue weighted by atomic mass is 19.4. The zero-order valence-electron chi connectivity index (χ0n) is 20.9. The summed E-state index contributed by atoms with van der Waals surface area (Å²) < 4.78 is 38.1. The van der Waals surface area contributed by atoms with Crippen LogP contribution in [-0.2, 0) is 11.6 Å². The summed E-state index contributed by atoms with van der Waals surface area (Å²) in [6.07, 6.45) is 2.99. The molecule has 0 unspecified atom stereocenters. The van der Waals surface area contributed by atoms with Crippen LogP contribution in [0.15, 0.2) is 73.1 Å². The lowest BCUT2D eigenvalue weighted by Gasteiger charge is -2.40. The van der Waals surface area contributed by atoms with Gasteiger partial charge in [0.1, 0.15) is 11.5 Å². The lowest BCUT2D eigenvalue weighted by Crippen LogP contribution is -2.41. The minimum absolute atomic E-state index is 0.169. The van der Waals surface area contributed by atoms with Gasteiger partial charge in [-0.2, -0.15) is 13.2 Å². The van der Waals surface area contributed by atoms with Gasteiger partial charge >= 0.3 is 6.18 Å². The van der Waals surface area contributed by atoms with Crippen LogP contribution in [0.2, 0.25) is 0 Å². The first-order valence-corrected chi connectivity index (χ1v) is 12.4. The number of anilines is 2. The smallest absolute Gasteiger partial charge is 0.339 e. The molecule has 1 saturated heterocycles. The third kappa shape index (κ3) is 6.32. The maximum atomic E-state index is 12.7. The number of hydrogen-bond donors (Lipinski definition) is 1. The summed E-state index contributed by atoms with van der Waals surface area (Å²) in [4.78, 5) is 10.4. The molecule has 1 N–H and O–H groups in total. The van der Waals surface area contributed by atoms with Crippen molar-refractivity contribution in [1.29, 1.82) is 0 Å².